The van der Waals surface area contributed by atoms with Gasteiger partial charge in [0, 0.05) is 0 Å². The Morgan fingerprint density at radius 3 is 1.48 bits per heavy atom. The van der Waals surface area contributed by atoms with Crippen molar-refractivity contribution in [2.75, 3.05) is 0 Å². The van der Waals surface area contributed by atoms with Crippen LogP contribution in [0.3, 0.4) is 0 Å². The van der Waals surface area contributed by atoms with Crippen LogP contribution >= 0.6 is 0 Å². The molecule has 244 valence electrons. The smallest absolute Gasteiger partial charge is 0.00203 e. The average Bonchev–Trinajstić information content (AvgIpc) is 3.04. The molecule has 6 rings (SSSR count). The highest BCUT2D eigenvalue weighted by atomic mass is 14.2. The van der Waals surface area contributed by atoms with Crippen molar-refractivity contribution < 1.29 is 0 Å². The fourth-order valence-corrected chi connectivity index (χ4v) is 7.41. The Bertz CT molecular complexity index is 2170. The number of aryl methyl sites for hydroxylation is 10. The minimum absolute atomic E-state index is 0.960. The molecule has 6 aromatic rings. The molecule has 0 N–H and O–H groups in total. The molecule has 0 radical (unpaired) electrons. The van der Waals surface area contributed by atoms with Gasteiger partial charge in [-0.2, -0.15) is 0 Å². The first-order chi connectivity index (χ1) is 22.9. The van der Waals surface area contributed by atoms with E-state index in [1.54, 1.807) is 0 Å². The summed E-state index contributed by atoms with van der Waals surface area (Å²) < 4.78 is 0. The summed E-state index contributed by atoms with van der Waals surface area (Å²) in [6, 6.07) is 33.0. The summed E-state index contributed by atoms with van der Waals surface area (Å²) in [4.78, 5) is 0. The third-order valence-electron chi connectivity index (χ3n) is 11.3. The lowest BCUT2D eigenvalue weighted by atomic mass is 9.88. The minimum atomic E-state index is 0.960. The Morgan fingerprint density at radius 2 is 0.750 bits per heavy atom. The fraction of sp³-hybridized carbons (Fsp3) is 0.292. The van der Waals surface area contributed by atoms with Crippen molar-refractivity contribution in [3.8, 4) is 11.1 Å². The molecule has 6 aromatic carbocycles. The Balaban J connectivity index is 1.18. The predicted molar refractivity (Wildman–Crippen MR) is 209 cm³/mol. The van der Waals surface area contributed by atoms with E-state index in [9.17, 15) is 0 Å². The molecule has 0 saturated heterocycles. The number of rotatable bonds is 8. The molecule has 0 aromatic heterocycles. The second-order valence-corrected chi connectivity index (χ2v) is 14.7. The van der Waals surface area contributed by atoms with Gasteiger partial charge in [-0.15, -0.1) is 0 Å². The van der Waals surface area contributed by atoms with E-state index in [0.29, 0.717) is 0 Å². The normalized spacial score (nSPS) is 11.5. The Hall–Kier alpha value is -4.42. The number of hydrogen-bond donors (Lipinski definition) is 0. The van der Waals surface area contributed by atoms with Gasteiger partial charge in [0.25, 0.3) is 0 Å². The van der Waals surface area contributed by atoms with Gasteiger partial charge in [0.05, 0.1) is 0 Å². The van der Waals surface area contributed by atoms with Crippen LogP contribution in [-0.4, -0.2) is 0 Å². The van der Waals surface area contributed by atoms with Crippen molar-refractivity contribution in [2.24, 2.45) is 0 Å². The van der Waals surface area contributed by atoms with Gasteiger partial charge in [0.1, 0.15) is 0 Å². The SMILES string of the molecule is Cc1cc(C)c(Cc2ccc(CCc3cc(-c4ccc(Cc5cc6cc(C)c(C)cc6cc5C)c(C)c4)ccc3C)c(C)c2C)cc1C. The number of hydrogen-bond acceptors (Lipinski definition) is 0. The van der Waals surface area contributed by atoms with Crippen LogP contribution in [-0.2, 0) is 25.7 Å². The summed E-state index contributed by atoms with van der Waals surface area (Å²) in [5.74, 6) is 0. The maximum Gasteiger partial charge on any atom is -0.00203 e. The Morgan fingerprint density at radius 1 is 0.292 bits per heavy atom. The summed E-state index contributed by atoms with van der Waals surface area (Å²) >= 11 is 0. The summed E-state index contributed by atoms with van der Waals surface area (Å²) in [5, 5.41) is 2.68. The van der Waals surface area contributed by atoms with E-state index >= 15 is 0 Å². The van der Waals surface area contributed by atoms with Crippen LogP contribution in [0.4, 0.5) is 0 Å². The lowest BCUT2D eigenvalue weighted by Gasteiger charge is -2.17. The molecular weight excluding hydrogens is 577 g/mol. The molecular formula is C48H52. The van der Waals surface area contributed by atoms with Gasteiger partial charge >= 0.3 is 0 Å². The third kappa shape index (κ3) is 6.91. The lowest BCUT2D eigenvalue weighted by molar-refractivity contribution is 0.931. The summed E-state index contributed by atoms with van der Waals surface area (Å²) in [6.45, 7) is 22.5. The van der Waals surface area contributed by atoms with Crippen molar-refractivity contribution in [3.63, 3.8) is 0 Å². The zero-order valence-electron chi connectivity index (χ0n) is 30.9. The molecule has 0 aliphatic carbocycles. The number of benzene rings is 6. The standard InChI is InChI=1S/C48H52/c1-29-11-12-44(43-18-16-41(35(7)23-43)26-46-28-48-22-33(5)32(4)21-47(48)24-36(46)8)25-40(29)15-13-39-14-17-42(38(10)37(39)9)27-45-20-31(3)30(2)19-34(45)6/h11-12,14,16-25,28H,13,15,26-27H2,1-10H3. The van der Waals surface area contributed by atoms with Gasteiger partial charge in [-0.25, -0.2) is 0 Å². The van der Waals surface area contributed by atoms with E-state index in [-0.39, 0.29) is 0 Å². The maximum atomic E-state index is 2.43. The van der Waals surface area contributed by atoms with E-state index in [1.807, 2.05) is 0 Å². The Kier molecular flexibility index (Phi) is 9.48. The van der Waals surface area contributed by atoms with Crippen LogP contribution in [0.1, 0.15) is 89.0 Å². The molecule has 0 aliphatic rings. The summed E-state index contributed by atoms with van der Waals surface area (Å²) in [7, 11) is 0. The van der Waals surface area contributed by atoms with Crippen LogP contribution in [0.25, 0.3) is 21.9 Å². The summed E-state index contributed by atoms with van der Waals surface area (Å²) in [6.07, 6.45) is 4.07. The largest absolute Gasteiger partial charge is 0.0585 e. The zero-order chi connectivity index (χ0) is 34.3. The maximum absolute atomic E-state index is 2.43. The van der Waals surface area contributed by atoms with Gasteiger partial charge in [0.2, 0.25) is 0 Å². The zero-order valence-corrected chi connectivity index (χ0v) is 30.9. The molecule has 0 nitrogen and oxygen atoms in total. The molecule has 0 fully saturated rings. The van der Waals surface area contributed by atoms with Crippen molar-refractivity contribution in [1.82, 2.24) is 0 Å². The quantitative estimate of drug-likeness (QED) is 0.157. The third-order valence-corrected chi connectivity index (χ3v) is 11.3. The fourth-order valence-electron chi connectivity index (χ4n) is 7.41. The highest BCUT2D eigenvalue weighted by molar-refractivity contribution is 5.86. The van der Waals surface area contributed by atoms with Gasteiger partial charge in [0.15, 0.2) is 0 Å². The van der Waals surface area contributed by atoms with Gasteiger partial charge < -0.3 is 0 Å². The molecule has 0 amide bonds. The molecule has 0 heterocycles. The Labute approximate surface area is 289 Å². The molecule has 0 spiro atoms. The van der Waals surface area contributed by atoms with Gasteiger partial charge in [-0.3, -0.25) is 0 Å². The van der Waals surface area contributed by atoms with E-state index in [1.165, 1.54) is 111 Å². The molecule has 48 heavy (non-hydrogen) atoms. The molecule has 0 saturated carbocycles. The van der Waals surface area contributed by atoms with Gasteiger partial charge in [-0.05, 0) is 206 Å². The number of fused-ring (bicyclic) bond motifs is 1. The van der Waals surface area contributed by atoms with Crippen LogP contribution in [0.2, 0.25) is 0 Å². The van der Waals surface area contributed by atoms with Crippen LogP contribution in [0, 0.1) is 69.2 Å². The minimum Gasteiger partial charge on any atom is -0.0585 e. The molecule has 0 atom stereocenters. The van der Waals surface area contributed by atoms with E-state index in [2.05, 4.69) is 154 Å². The first kappa shape index (κ1) is 33.5. The van der Waals surface area contributed by atoms with E-state index in [4.69, 9.17) is 0 Å². The van der Waals surface area contributed by atoms with Crippen molar-refractivity contribution in [1.29, 1.82) is 0 Å². The topological polar surface area (TPSA) is 0 Å². The van der Waals surface area contributed by atoms with Crippen LogP contribution < -0.4 is 0 Å². The predicted octanol–water partition coefficient (Wildman–Crippen LogP) is 12.6. The first-order valence-electron chi connectivity index (χ1n) is 17.7. The summed E-state index contributed by atoms with van der Waals surface area (Å²) in [5.41, 5.74) is 25.1. The van der Waals surface area contributed by atoms with Gasteiger partial charge in [-0.1, -0.05) is 84.9 Å². The molecule has 0 unspecified atom stereocenters. The highest BCUT2D eigenvalue weighted by Gasteiger charge is 2.12. The second-order valence-electron chi connectivity index (χ2n) is 14.7. The van der Waals surface area contributed by atoms with Crippen molar-refractivity contribution in [2.45, 2.75) is 94.9 Å². The lowest BCUT2D eigenvalue weighted by Crippen LogP contribution is -2.02. The van der Waals surface area contributed by atoms with E-state index < -0.39 is 0 Å². The first-order valence-corrected chi connectivity index (χ1v) is 17.7. The molecule has 0 bridgehead atoms. The van der Waals surface area contributed by atoms with Crippen molar-refractivity contribution >= 4 is 10.8 Å². The second kappa shape index (κ2) is 13.6. The molecule has 0 heteroatoms. The monoisotopic (exact) mass is 628 g/mol. The van der Waals surface area contributed by atoms with Crippen LogP contribution in [0.5, 0.6) is 0 Å². The van der Waals surface area contributed by atoms with E-state index in [0.717, 1.165) is 25.7 Å². The molecule has 0 aliphatic heterocycles. The highest BCUT2D eigenvalue weighted by Crippen LogP contribution is 2.30. The van der Waals surface area contributed by atoms with Crippen molar-refractivity contribution in [3.05, 3.63) is 174 Å². The van der Waals surface area contributed by atoms with Crippen LogP contribution in [0.15, 0.2) is 84.9 Å². The average molecular weight is 629 g/mol.